The summed E-state index contributed by atoms with van der Waals surface area (Å²) >= 11 is 0. The maximum absolute atomic E-state index is 13.0. The van der Waals surface area contributed by atoms with Gasteiger partial charge in [-0.1, -0.05) is 0 Å². The number of nitrogens with one attached hydrogen (secondary N) is 1. The van der Waals surface area contributed by atoms with Gasteiger partial charge < -0.3 is 19.7 Å². The van der Waals surface area contributed by atoms with E-state index in [1.54, 1.807) is 23.9 Å². The number of nitrogens with zero attached hydrogens (tertiary/aromatic N) is 3. The van der Waals surface area contributed by atoms with Gasteiger partial charge in [-0.2, -0.15) is 0 Å². The van der Waals surface area contributed by atoms with E-state index in [0.29, 0.717) is 25.2 Å². The van der Waals surface area contributed by atoms with Gasteiger partial charge in [0.05, 0.1) is 5.54 Å². The Balaban J connectivity index is 1.81. The third-order valence-electron chi connectivity index (χ3n) is 4.60. The van der Waals surface area contributed by atoms with E-state index in [0.717, 1.165) is 10.9 Å². The number of H-pyrrole nitrogens is 1. The van der Waals surface area contributed by atoms with Crippen LogP contribution in [0.5, 0.6) is 0 Å². The third-order valence-corrected chi connectivity index (χ3v) is 4.60. The molecule has 3 amide bonds. The molecule has 1 fully saturated rings. The molecular formula is C18H24N4O2. The molecule has 0 bridgehead atoms. The maximum Gasteiger partial charge on any atom is 0.319 e. The molecule has 128 valence electrons. The molecule has 0 saturated carbocycles. The molecule has 2 aromatic rings. The number of aromatic amines is 1. The van der Waals surface area contributed by atoms with Gasteiger partial charge in [0.2, 0.25) is 0 Å². The number of aromatic nitrogens is 1. The fraction of sp³-hybridized carbons (Fsp3) is 0.444. The van der Waals surface area contributed by atoms with Crippen molar-refractivity contribution in [1.82, 2.24) is 19.7 Å². The molecule has 0 unspecified atom stereocenters. The molecule has 6 nitrogen and oxygen atoms in total. The van der Waals surface area contributed by atoms with E-state index in [4.69, 9.17) is 0 Å². The zero-order valence-corrected chi connectivity index (χ0v) is 14.7. The van der Waals surface area contributed by atoms with Gasteiger partial charge in [0.25, 0.3) is 5.91 Å². The average molecular weight is 328 g/mol. The van der Waals surface area contributed by atoms with Crippen molar-refractivity contribution in [3.05, 3.63) is 36.0 Å². The number of fused-ring (bicyclic) bond motifs is 1. The van der Waals surface area contributed by atoms with Crippen LogP contribution in [0.1, 0.15) is 24.2 Å². The lowest BCUT2D eigenvalue weighted by atomic mass is 9.97. The van der Waals surface area contributed by atoms with Crippen molar-refractivity contribution < 1.29 is 9.59 Å². The first-order chi connectivity index (χ1) is 11.3. The number of piperazine rings is 1. The summed E-state index contributed by atoms with van der Waals surface area (Å²) < 4.78 is 0. The normalized spacial score (nSPS) is 17.2. The Hall–Kier alpha value is -2.50. The molecule has 0 spiro atoms. The summed E-state index contributed by atoms with van der Waals surface area (Å²) in [6.45, 7) is 5.64. The molecule has 1 aromatic heterocycles. The zero-order chi connectivity index (χ0) is 17.5. The van der Waals surface area contributed by atoms with Crippen LogP contribution in [0, 0.1) is 0 Å². The van der Waals surface area contributed by atoms with E-state index in [-0.39, 0.29) is 11.9 Å². The van der Waals surface area contributed by atoms with Crippen molar-refractivity contribution >= 4 is 22.8 Å². The molecule has 0 aliphatic carbocycles. The summed E-state index contributed by atoms with van der Waals surface area (Å²) in [5.74, 6) is 0.0139. The Kier molecular flexibility index (Phi) is 3.99. The third kappa shape index (κ3) is 2.84. The van der Waals surface area contributed by atoms with Crippen LogP contribution >= 0.6 is 0 Å². The Morgan fingerprint density at radius 3 is 2.58 bits per heavy atom. The molecule has 1 aromatic carbocycles. The van der Waals surface area contributed by atoms with E-state index in [1.165, 1.54) is 0 Å². The van der Waals surface area contributed by atoms with E-state index in [1.807, 2.05) is 49.2 Å². The minimum Gasteiger partial charge on any atom is -0.361 e. The van der Waals surface area contributed by atoms with Crippen molar-refractivity contribution in [2.45, 2.75) is 19.4 Å². The van der Waals surface area contributed by atoms with Gasteiger partial charge in [-0.3, -0.25) is 4.79 Å². The van der Waals surface area contributed by atoms with Crippen molar-refractivity contribution in [3.8, 4) is 0 Å². The van der Waals surface area contributed by atoms with Gasteiger partial charge in [0.1, 0.15) is 0 Å². The van der Waals surface area contributed by atoms with Gasteiger partial charge in [-0.05, 0) is 38.1 Å². The number of benzene rings is 1. The second-order valence-electron chi connectivity index (χ2n) is 7.15. The number of hydrogen-bond acceptors (Lipinski definition) is 2. The van der Waals surface area contributed by atoms with Gasteiger partial charge in [0.15, 0.2) is 0 Å². The number of amides is 3. The number of carbonyl (C=O) groups is 2. The molecule has 3 rings (SSSR count). The van der Waals surface area contributed by atoms with E-state index >= 15 is 0 Å². The first-order valence-electron chi connectivity index (χ1n) is 8.15. The largest absolute Gasteiger partial charge is 0.361 e. The van der Waals surface area contributed by atoms with Crippen molar-refractivity contribution in [3.63, 3.8) is 0 Å². The van der Waals surface area contributed by atoms with Gasteiger partial charge in [0, 0.05) is 56.4 Å². The summed E-state index contributed by atoms with van der Waals surface area (Å²) in [7, 11) is 3.50. The molecule has 1 saturated heterocycles. The Labute approximate surface area is 142 Å². The fourth-order valence-corrected chi connectivity index (χ4v) is 3.32. The Morgan fingerprint density at radius 2 is 1.92 bits per heavy atom. The summed E-state index contributed by atoms with van der Waals surface area (Å²) in [4.78, 5) is 33.6. The smallest absolute Gasteiger partial charge is 0.319 e. The van der Waals surface area contributed by atoms with Crippen molar-refractivity contribution in [2.75, 3.05) is 33.7 Å². The number of urea groups is 1. The summed E-state index contributed by atoms with van der Waals surface area (Å²) in [6, 6.07) is 7.66. The maximum atomic E-state index is 13.0. The molecule has 0 radical (unpaired) electrons. The molecule has 2 heterocycles. The van der Waals surface area contributed by atoms with E-state index in [9.17, 15) is 9.59 Å². The second-order valence-corrected chi connectivity index (χ2v) is 7.15. The number of rotatable bonds is 1. The number of carbonyl (C=O) groups excluding carboxylic acids is 2. The highest BCUT2D eigenvalue weighted by atomic mass is 16.2. The lowest BCUT2D eigenvalue weighted by Crippen LogP contribution is -2.63. The Bertz CT molecular complexity index is 778. The number of hydrogen-bond donors (Lipinski definition) is 1. The van der Waals surface area contributed by atoms with Crippen LogP contribution in [-0.2, 0) is 0 Å². The van der Waals surface area contributed by atoms with Crippen LogP contribution in [0.25, 0.3) is 10.9 Å². The van der Waals surface area contributed by atoms with Crippen LogP contribution in [-0.4, -0.2) is 70.9 Å². The molecule has 24 heavy (non-hydrogen) atoms. The lowest BCUT2D eigenvalue weighted by molar-refractivity contribution is 0.0241. The monoisotopic (exact) mass is 328 g/mol. The van der Waals surface area contributed by atoms with Gasteiger partial charge in [-0.15, -0.1) is 0 Å². The topological polar surface area (TPSA) is 59.7 Å². The van der Waals surface area contributed by atoms with E-state index < -0.39 is 5.54 Å². The average Bonchev–Trinajstić information content (AvgIpc) is 2.99. The first kappa shape index (κ1) is 16.4. The molecule has 1 aliphatic heterocycles. The highest BCUT2D eigenvalue weighted by molar-refractivity contribution is 5.98. The predicted molar refractivity (Wildman–Crippen MR) is 94.1 cm³/mol. The van der Waals surface area contributed by atoms with E-state index in [2.05, 4.69) is 4.98 Å². The highest BCUT2D eigenvalue weighted by Crippen LogP contribution is 2.25. The quantitative estimate of drug-likeness (QED) is 0.874. The lowest BCUT2D eigenvalue weighted by Gasteiger charge is -2.47. The van der Waals surface area contributed by atoms with Crippen LogP contribution < -0.4 is 0 Å². The Morgan fingerprint density at radius 1 is 1.17 bits per heavy atom. The van der Waals surface area contributed by atoms with Crippen LogP contribution in [0.4, 0.5) is 4.79 Å². The molecule has 1 aliphatic rings. The summed E-state index contributed by atoms with van der Waals surface area (Å²) in [5.41, 5.74) is 1.29. The van der Waals surface area contributed by atoms with Crippen LogP contribution in [0.15, 0.2) is 30.5 Å². The summed E-state index contributed by atoms with van der Waals surface area (Å²) in [5, 5.41) is 1.03. The van der Waals surface area contributed by atoms with Crippen LogP contribution in [0.2, 0.25) is 0 Å². The molecule has 6 heteroatoms. The van der Waals surface area contributed by atoms with Crippen molar-refractivity contribution in [2.24, 2.45) is 0 Å². The zero-order valence-electron chi connectivity index (χ0n) is 14.7. The minimum absolute atomic E-state index is 0.0103. The SMILES string of the molecule is CN(C)C(=O)N1CCN(C(=O)c2ccc3[nH]ccc3c2)C(C)(C)C1. The minimum atomic E-state index is -0.409. The first-order valence-corrected chi connectivity index (χ1v) is 8.15. The molecule has 0 atom stereocenters. The van der Waals surface area contributed by atoms with Gasteiger partial charge in [-0.25, -0.2) is 4.79 Å². The van der Waals surface area contributed by atoms with Crippen molar-refractivity contribution in [1.29, 1.82) is 0 Å². The summed E-state index contributed by atoms with van der Waals surface area (Å²) in [6.07, 6.45) is 1.87. The molecular weight excluding hydrogens is 304 g/mol. The standard InChI is InChI=1S/C18H24N4O2/c1-18(2)12-21(17(24)20(3)4)9-10-22(18)16(23)14-5-6-15-13(11-14)7-8-19-15/h5-8,11,19H,9-10,12H2,1-4H3. The van der Waals surface area contributed by atoms with Crippen LogP contribution in [0.3, 0.4) is 0 Å². The second kappa shape index (κ2) is 5.85. The highest BCUT2D eigenvalue weighted by Gasteiger charge is 2.39. The predicted octanol–water partition coefficient (Wildman–Crippen LogP) is 2.39. The van der Waals surface area contributed by atoms with Gasteiger partial charge >= 0.3 is 6.03 Å². The fourth-order valence-electron chi connectivity index (χ4n) is 3.32. The molecule has 1 N–H and O–H groups in total.